The van der Waals surface area contributed by atoms with Crippen LogP contribution in [0, 0.1) is 0 Å². The molecule has 1 saturated heterocycles. The maximum Gasteiger partial charge on any atom is 0.0795 e. The van der Waals surface area contributed by atoms with Gasteiger partial charge in [-0.1, -0.05) is 0 Å². The normalized spacial score (nSPS) is 24.9. The standard InChI is InChI=1S/C14H25N3S/c1-10(12-8-18-9-15-12)16-11-6-13(2,3)17-14(4,5)7-11/h8-11,16-17H,6-7H2,1-5H3. The van der Waals surface area contributed by atoms with Gasteiger partial charge in [0.05, 0.1) is 11.2 Å². The van der Waals surface area contributed by atoms with Crippen molar-refractivity contribution in [1.82, 2.24) is 15.6 Å². The summed E-state index contributed by atoms with van der Waals surface area (Å²) in [6.07, 6.45) is 2.32. The van der Waals surface area contributed by atoms with Crippen LogP contribution in [0.25, 0.3) is 0 Å². The number of hydrogen-bond acceptors (Lipinski definition) is 4. The van der Waals surface area contributed by atoms with Crippen LogP contribution in [0.4, 0.5) is 0 Å². The molecular weight excluding hydrogens is 242 g/mol. The van der Waals surface area contributed by atoms with E-state index in [1.807, 2.05) is 5.51 Å². The van der Waals surface area contributed by atoms with Crippen molar-refractivity contribution in [3.63, 3.8) is 0 Å². The van der Waals surface area contributed by atoms with Crippen molar-refractivity contribution in [2.75, 3.05) is 0 Å². The van der Waals surface area contributed by atoms with Gasteiger partial charge in [0.15, 0.2) is 0 Å². The predicted molar refractivity (Wildman–Crippen MR) is 78.0 cm³/mol. The Balaban J connectivity index is 2.01. The van der Waals surface area contributed by atoms with Crippen molar-refractivity contribution < 1.29 is 0 Å². The fourth-order valence-corrected chi connectivity index (χ4v) is 3.96. The molecule has 0 saturated carbocycles. The van der Waals surface area contributed by atoms with Gasteiger partial charge >= 0.3 is 0 Å². The third kappa shape index (κ3) is 3.53. The highest BCUT2D eigenvalue weighted by atomic mass is 32.1. The molecule has 0 bridgehead atoms. The van der Waals surface area contributed by atoms with E-state index in [0.717, 1.165) is 18.5 Å². The van der Waals surface area contributed by atoms with Gasteiger partial charge in [0.1, 0.15) is 0 Å². The van der Waals surface area contributed by atoms with Gasteiger partial charge < -0.3 is 10.6 Å². The minimum absolute atomic E-state index is 0.196. The molecule has 1 atom stereocenters. The molecule has 0 spiro atoms. The second-order valence-electron chi connectivity index (χ2n) is 6.80. The van der Waals surface area contributed by atoms with Crippen LogP contribution in [0.5, 0.6) is 0 Å². The van der Waals surface area contributed by atoms with Crippen molar-refractivity contribution >= 4 is 11.3 Å². The summed E-state index contributed by atoms with van der Waals surface area (Å²) in [6.45, 7) is 11.4. The first-order chi connectivity index (χ1) is 8.27. The zero-order chi connectivity index (χ0) is 13.4. The van der Waals surface area contributed by atoms with Crippen LogP contribution in [0.1, 0.15) is 59.2 Å². The quantitative estimate of drug-likeness (QED) is 0.883. The summed E-state index contributed by atoms with van der Waals surface area (Å²) < 4.78 is 0. The van der Waals surface area contributed by atoms with E-state index < -0.39 is 0 Å². The third-order valence-corrected chi connectivity index (χ3v) is 4.18. The minimum Gasteiger partial charge on any atom is -0.307 e. The predicted octanol–water partition coefficient (Wildman–Crippen LogP) is 3.10. The molecule has 1 aliphatic heterocycles. The molecule has 102 valence electrons. The monoisotopic (exact) mass is 267 g/mol. The first-order valence-electron chi connectivity index (χ1n) is 6.71. The average Bonchev–Trinajstić information content (AvgIpc) is 2.63. The van der Waals surface area contributed by atoms with Gasteiger partial charge in [-0.3, -0.25) is 0 Å². The van der Waals surface area contributed by atoms with E-state index in [0.29, 0.717) is 12.1 Å². The summed E-state index contributed by atoms with van der Waals surface area (Å²) in [5, 5.41) is 9.59. The second kappa shape index (κ2) is 4.91. The van der Waals surface area contributed by atoms with E-state index in [1.165, 1.54) is 0 Å². The third-order valence-electron chi connectivity index (χ3n) is 3.57. The largest absolute Gasteiger partial charge is 0.307 e. The van der Waals surface area contributed by atoms with E-state index in [4.69, 9.17) is 0 Å². The molecule has 1 fully saturated rings. The average molecular weight is 267 g/mol. The van der Waals surface area contributed by atoms with Gasteiger partial charge in [-0.05, 0) is 47.5 Å². The number of thiazole rings is 1. The van der Waals surface area contributed by atoms with Crippen molar-refractivity contribution in [3.8, 4) is 0 Å². The molecule has 0 aromatic carbocycles. The van der Waals surface area contributed by atoms with Crippen LogP contribution < -0.4 is 10.6 Å². The molecular formula is C14H25N3S. The fraction of sp³-hybridized carbons (Fsp3) is 0.786. The van der Waals surface area contributed by atoms with E-state index in [9.17, 15) is 0 Å². The SMILES string of the molecule is CC(NC1CC(C)(C)NC(C)(C)C1)c1cscn1. The molecule has 18 heavy (non-hydrogen) atoms. The Morgan fingerprint density at radius 2 is 1.94 bits per heavy atom. The Labute approximate surface area is 114 Å². The maximum atomic E-state index is 4.39. The van der Waals surface area contributed by atoms with Crippen LogP contribution in [-0.2, 0) is 0 Å². The van der Waals surface area contributed by atoms with Crippen LogP contribution >= 0.6 is 11.3 Å². The topological polar surface area (TPSA) is 37.0 Å². The lowest BCUT2D eigenvalue weighted by molar-refractivity contribution is 0.140. The molecule has 4 heteroatoms. The summed E-state index contributed by atoms with van der Waals surface area (Å²) in [6, 6.07) is 0.888. The number of nitrogens with one attached hydrogen (secondary N) is 2. The molecule has 1 aliphatic rings. The number of hydrogen-bond donors (Lipinski definition) is 2. The maximum absolute atomic E-state index is 4.39. The highest BCUT2D eigenvalue weighted by Crippen LogP contribution is 2.29. The van der Waals surface area contributed by atoms with Gasteiger partial charge in [0.2, 0.25) is 0 Å². The lowest BCUT2D eigenvalue weighted by Gasteiger charge is -2.47. The molecule has 1 aromatic heterocycles. The number of aromatic nitrogens is 1. The first kappa shape index (κ1) is 14.0. The summed E-state index contributed by atoms with van der Waals surface area (Å²) in [5.74, 6) is 0. The number of piperidine rings is 1. The van der Waals surface area contributed by atoms with Gasteiger partial charge in [0.25, 0.3) is 0 Å². The Bertz CT molecular complexity index is 368. The molecule has 0 aliphatic carbocycles. The van der Waals surface area contributed by atoms with Crippen LogP contribution in [0.3, 0.4) is 0 Å². The molecule has 2 N–H and O–H groups in total. The Kier molecular flexibility index (Phi) is 3.81. The molecule has 0 amide bonds. The van der Waals surface area contributed by atoms with Gasteiger partial charge in [0, 0.05) is 28.5 Å². The zero-order valence-electron chi connectivity index (χ0n) is 12.1. The summed E-state index contributed by atoms with van der Waals surface area (Å²) >= 11 is 1.67. The highest BCUT2D eigenvalue weighted by molar-refractivity contribution is 7.07. The first-order valence-corrected chi connectivity index (χ1v) is 7.65. The van der Waals surface area contributed by atoms with E-state index in [2.05, 4.69) is 55.6 Å². The van der Waals surface area contributed by atoms with Crippen LogP contribution in [0.15, 0.2) is 10.9 Å². The minimum atomic E-state index is 0.196. The van der Waals surface area contributed by atoms with E-state index >= 15 is 0 Å². The second-order valence-corrected chi connectivity index (χ2v) is 7.52. The van der Waals surface area contributed by atoms with Crippen molar-refractivity contribution in [3.05, 3.63) is 16.6 Å². The fourth-order valence-electron chi connectivity index (χ4n) is 3.31. The van der Waals surface area contributed by atoms with Gasteiger partial charge in [-0.15, -0.1) is 11.3 Å². The molecule has 1 unspecified atom stereocenters. The van der Waals surface area contributed by atoms with E-state index in [1.54, 1.807) is 11.3 Å². The molecule has 3 nitrogen and oxygen atoms in total. The summed E-state index contributed by atoms with van der Waals surface area (Å²) in [4.78, 5) is 4.39. The Morgan fingerprint density at radius 1 is 1.33 bits per heavy atom. The highest BCUT2D eigenvalue weighted by Gasteiger charge is 2.37. The molecule has 1 aromatic rings. The number of rotatable bonds is 3. The zero-order valence-corrected chi connectivity index (χ0v) is 12.9. The van der Waals surface area contributed by atoms with Gasteiger partial charge in [-0.25, -0.2) is 4.98 Å². The van der Waals surface area contributed by atoms with Crippen LogP contribution in [0.2, 0.25) is 0 Å². The molecule has 2 heterocycles. The lowest BCUT2D eigenvalue weighted by Crippen LogP contribution is -2.61. The molecule has 0 radical (unpaired) electrons. The van der Waals surface area contributed by atoms with Crippen molar-refractivity contribution in [2.45, 2.75) is 70.6 Å². The molecule has 2 rings (SSSR count). The van der Waals surface area contributed by atoms with Gasteiger partial charge in [-0.2, -0.15) is 0 Å². The van der Waals surface area contributed by atoms with Crippen LogP contribution in [-0.4, -0.2) is 22.1 Å². The Hall–Kier alpha value is -0.450. The number of nitrogens with zero attached hydrogens (tertiary/aromatic N) is 1. The smallest absolute Gasteiger partial charge is 0.0795 e. The van der Waals surface area contributed by atoms with Crippen molar-refractivity contribution in [2.24, 2.45) is 0 Å². The van der Waals surface area contributed by atoms with Crippen molar-refractivity contribution in [1.29, 1.82) is 0 Å². The summed E-state index contributed by atoms with van der Waals surface area (Å²) in [7, 11) is 0. The van der Waals surface area contributed by atoms with E-state index in [-0.39, 0.29) is 11.1 Å². The Morgan fingerprint density at radius 3 is 2.44 bits per heavy atom. The lowest BCUT2D eigenvalue weighted by atomic mass is 9.79. The summed E-state index contributed by atoms with van der Waals surface area (Å²) in [5.41, 5.74) is 3.46.